The number of aryl methyl sites for hydroxylation is 1. The fraction of sp³-hybridized carbons (Fsp3) is 0.111. The standard InChI is InChI=1S/C27H21F2N3O/c1-2-6-23-26(20-13-14-21(28)22(29)15-20)27-30-24(16-25(33)32(27)31-23)19-11-9-18(10-12-19)17-7-4-3-5-8-17/h3-5,7-16,31H,2,6H2,1H3. The first-order valence-electron chi connectivity index (χ1n) is 10.8. The molecular formula is C27H21F2N3O. The lowest BCUT2D eigenvalue weighted by atomic mass is 10.0. The topological polar surface area (TPSA) is 50.2 Å². The van der Waals surface area contributed by atoms with E-state index in [4.69, 9.17) is 4.98 Å². The molecule has 0 aliphatic carbocycles. The molecule has 0 bridgehead atoms. The van der Waals surface area contributed by atoms with Gasteiger partial charge in [-0.3, -0.25) is 9.89 Å². The predicted octanol–water partition coefficient (Wildman–Crippen LogP) is 6.25. The Bertz CT molecular complexity index is 1500. The molecule has 0 radical (unpaired) electrons. The Morgan fingerprint density at radius 3 is 2.18 bits per heavy atom. The smallest absolute Gasteiger partial charge is 0.273 e. The van der Waals surface area contributed by atoms with Crippen LogP contribution >= 0.6 is 0 Å². The molecule has 6 heteroatoms. The summed E-state index contributed by atoms with van der Waals surface area (Å²) < 4.78 is 28.9. The molecule has 0 saturated heterocycles. The first kappa shape index (κ1) is 20.8. The maximum absolute atomic E-state index is 14.0. The molecule has 4 nitrogen and oxygen atoms in total. The second-order valence-electron chi connectivity index (χ2n) is 7.93. The van der Waals surface area contributed by atoms with Gasteiger partial charge in [0.05, 0.1) is 5.69 Å². The highest BCUT2D eigenvalue weighted by atomic mass is 19.2. The number of H-pyrrole nitrogens is 1. The Morgan fingerprint density at radius 2 is 1.48 bits per heavy atom. The summed E-state index contributed by atoms with van der Waals surface area (Å²) in [5.74, 6) is -1.86. The molecule has 0 spiro atoms. The summed E-state index contributed by atoms with van der Waals surface area (Å²) in [7, 11) is 0. The van der Waals surface area contributed by atoms with Crippen LogP contribution < -0.4 is 5.56 Å². The molecule has 0 saturated carbocycles. The molecule has 5 aromatic rings. The number of rotatable bonds is 5. The van der Waals surface area contributed by atoms with Gasteiger partial charge in [0.1, 0.15) is 0 Å². The summed E-state index contributed by atoms with van der Waals surface area (Å²) in [6.07, 6.45) is 1.45. The van der Waals surface area contributed by atoms with Crippen LogP contribution in [0.2, 0.25) is 0 Å². The fourth-order valence-electron chi connectivity index (χ4n) is 4.08. The van der Waals surface area contributed by atoms with E-state index in [2.05, 4.69) is 5.10 Å². The lowest BCUT2D eigenvalue weighted by Crippen LogP contribution is -2.14. The van der Waals surface area contributed by atoms with Crippen molar-refractivity contribution in [3.63, 3.8) is 0 Å². The maximum atomic E-state index is 14.0. The summed E-state index contributed by atoms with van der Waals surface area (Å²) >= 11 is 0. The largest absolute Gasteiger partial charge is 0.293 e. The monoisotopic (exact) mass is 441 g/mol. The van der Waals surface area contributed by atoms with Crippen molar-refractivity contribution < 1.29 is 8.78 Å². The van der Waals surface area contributed by atoms with Crippen molar-refractivity contribution in [2.75, 3.05) is 0 Å². The number of benzene rings is 3. The van der Waals surface area contributed by atoms with Crippen LogP contribution in [0, 0.1) is 11.6 Å². The van der Waals surface area contributed by atoms with E-state index >= 15 is 0 Å². The van der Waals surface area contributed by atoms with Crippen LogP contribution in [-0.2, 0) is 6.42 Å². The predicted molar refractivity (Wildman–Crippen MR) is 126 cm³/mol. The Kier molecular flexibility index (Phi) is 5.34. The van der Waals surface area contributed by atoms with Gasteiger partial charge < -0.3 is 0 Å². The van der Waals surface area contributed by atoms with Crippen molar-refractivity contribution in [2.24, 2.45) is 0 Å². The first-order chi connectivity index (χ1) is 16.0. The first-order valence-corrected chi connectivity index (χ1v) is 10.8. The van der Waals surface area contributed by atoms with Crippen molar-refractivity contribution in [1.29, 1.82) is 0 Å². The second-order valence-corrected chi connectivity index (χ2v) is 7.93. The number of aromatic amines is 1. The Labute approximate surface area is 189 Å². The average Bonchev–Trinajstić information content (AvgIpc) is 3.20. The van der Waals surface area contributed by atoms with Gasteiger partial charge in [-0.15, -0.1) is 0 Å². The van der Waals surface area contributed by atoms with E-state index in [9.17, 15) is 13.6 Å². The molecule has 5 rings (SSSR count). The molecule has 0 unspecified atom stereocenters. The SMILES string of the molecule is CCCc1[nH]n2c(=O)cc(-c3ccc(-c4ccccc4)cc3)nc2c1-c1ccc(F)c(F)c1. The number of nitrogens with one attached hydrogen (secondary N) is 1. The molecule has 33 heavy (non-hydrogen) atoms. The summed E-state index contributed by atoms with van der Waals surface area (Å²) in [4.78, 5) is 17.7. The molecule has 2 heterocycles. The quantitative estimate of drug-likeness (QED) is 0.350. The minimum Gasteiger partial charge on any atom is -0.293 e. The molecular weight excluding hydrogens is 420 g/mol. The van der Waals surface area contributed by atoms with Crippen molar-refractivity contribution >= 4 is 5.65 Å². The number of hydrogen-bond acceptors (Lipinski definition) is 2. The molecule has 0 aliphatic heterocycles. The molecule has 2 aromatic heterocycles. The highest BCUT2D eigenvalue weighted by molar-refractivity contribution is 5.81. The molecule has 0 amide bonds. The molecule has 3 aromatic carbocycles. The van der Waals surface area contributed by atoms with E-state index in [1.165, 1.54) is 16.6 Å². The van der Waals surface area contributed by atoms with Crippen LogP contribution in [0.4, 0.5) is 8.78 Å². The van der Waals surface area contributed by atoms with Gasteiger partial charge in [0.2, 0.25) is 0 Å². The third-order valence-electron chi connectivity index (χ3n) is 5.69. The molecule has 0 atom stereocenters. The van der Waals surface area contributed by atoms with Crippen molar-refractivity contribution in [3.05, 3.63) is 107 Å². The zero-order valence-corrected chi connectivity index (χ0v) is 18.0. The summed E-state index contributed by atoms with van der Waals surface area (Å²) in [5.41, 5.74) is 5.43. The van der Waals surface area contributed by atoms with Gasteiger partial charge in [-0.1, -0.05) is 74.0 Å². The van der Waals surface area contributed by atoms with Crippen LogP contribution in [0.25, 0.3) is 39.2 Å². The van der Waals surface area contributed by atoms with Gasteiger partial charge in [-0.2, -0.15) is 0 Å². The van der Waals surface area contributed by atoms with Gasteiger partial charge in [0.25, 0.3) is 5.56 Å². The number of fused-ring (bicyclic) bond motifs is 1. The average molecular weight is 441 g/mol. The second kappa shape index (κ2) is 8.47. The minimum atomic E-state index is -0.940. The molecule has 164 valence electrons. The summed E-state index contributed by atoms with van der Waals surface area (Å²) in [6, 6.07) is 23.1. The van der Waals surface area contributed by atoms with Crippen molar-refractivity contribution in [1.82, 2.24) is 14.6 Å². The fourth-order valence-corrected chi connectivity index (χ4v) is 4.08. The maximum Gasteiger partial charge on any atom is 0.273 e. The zero-order chi connectivity index (χ0) is 22.9. The third-order valence-corrected chi connectivity index (χ3v) is 5.69. The van der Waals surface area contributed by atoms with E-state index in [1.54, 1.807) is 0 Å². The lowest BCUT2D eigenvalue weighted by Gasteiger charge is -2.06. The van der Waals surface area contributed by atoms with E-state index in [0.29, 0.717) is 28.9 Å². The lowest BCUT2D eigenvalue weighted by molar-refractivity contribution is 0.509. The summed E-state index contributed by atoms with van der Waals surface area (Å²) in [5, 5.41) is 3.10. The Morgan fingerprint density at radius 1 is 0.818 bits per heavy atom. The Balaban J connectivity index is 1.66. The zero-order valence-electron chi connectivity index (χ0n) is 18.0. The van der Waals surface area contributed by atoms with Gasteiger partial charge in [0, 0.05) is 22.9 Å². The highest BCUT2D eigenvalue weighted by Crippen LogP contribution is 2.31. The molecule has 0 fully saturated rings. The van der Waals surface area contributed by atoms with Crippen molar-refractivity contribution in [3.8, 4) is 33.5 Å². The van der Waals surface area contributed by atoms with E-state index in [0.717, 1.165) is 40.9 Å². The van der Waals surface area contributed by atoms with Crippen LogP contribution in [0.3, 0.4) is 0 Å². The number of nitrogens with zero attached hydrogens (tertiary/aromatic N) is 2. The van der Waals surface area contributed by atoms with E-state index < -0.39 is 11.6 Å². The molecule has 1 N–H and O–H groups in total. The number of aromatic nitrogens is 3. The van der Waals surface area contributed by atoms with Crippen LogP contribution in [-0.4, -0.2) is 14.6 Å². The van der Waals surface area contributed by atoms with Crippen LogP contribution in [0.5, 0.6) is 0 Å². The van der Waals surface area contributed by atoms with Gasteiger partial charge in [0.15, 0.2) is 17.3 Å². The summed E-state index contributed by atoms with van der Waals surface area (Å²) in [6.45, 7) is 2.01. The van der Waals surface area contributed by atoms with Gasteiger partial charge >= 0.3 is 0 Å². The number of halogens is 2. The van der Waals surface area contributed by atoms with E-state index in [-0.39, 0.29) is 5.56 Å². The third kappa shape index (κ3) is 3.84. The van der Waals surface area contributed by atoms with Crippen LogP contribution in [0.1, 0.15) is 19.0 Å². The highest BCUT2D eigenvalue weighted by Gasteiger charge is 2.18. The van der Waals surface area contributed by atoms with E-state index in [1.807, 2.05) is 61.5 Å². The van der Waals surface area contributed by atoms with Crippen LogP contribution in [0.15, 0.2) is 83.7 Å². The normalized spacial score (nSPS) is 11.2. The number of hydrogen-bond donors (Lipinski definition) is 1. The Hall–Kier alpha value is -4.06. The molecule has 0 aliphatic rings. The van der Waals surface area contributed by atoms with Gasteiger partial charge in [-0.25, -0.2) is 18.3 Å². The van der Waals surface area contributed by atoms with Crippen molar-refractivity contribution in [2.45, 2.75) is 19.8 Å². The minimum absolute atomic E-state index is 0.270. The van der Waals surface area contributed by atoms with Gasteiger partial charge in [-0.05, 0) is 35.2 Å².